The third-order valence-electron chi connectivity index (χ3n) is 2.42. The molecule has 0 bridgehead atoms. The number of aliphatic hydroxyl groups excluding tert-OH is 1. The van der Waals surface area contributed by atoms with Gasteiger partial charge in [0.15, 0.2) is 0 Å². The van der Waals surface area contributed by atoms with Crippen molar-refractivity contribution in [2.24, 2.45) is 0 Å². The molecule has 1 aromatic carbocycles. The molecular weight excluding hydrogens is 256 g/mol. The minimum absolute atomic E-state index is 0.000981. The van der Waals surface area contributed by atoms with Crippen LogP contribution in [0.3, 0.4) is 0 Å². The zero-order chi connectivity index (χ0) is 11.0. The highest BCUT2D eigenvalue weighted by atomic mass is 79.9. The lowest BCUT2D eigenvalue weighted by atomic mass is 10.1. The van der Waals surface area contributed by atoms with Crippen LogP contribution >= 0.6 is 15.9 Å². The largest absolute Gasteiger partial charge is 0.460 e. The van der Waals surface area contributed by atoms with E-state index < -0.39 is 0 Å². The van der Waals surface area contributed by atoms with E-state index in [-0.39, 0.29) is 6.61 Å². The molecule has 3 heteroatoms. The lowest BCUT2D eigenvalue weighted by Crippen LogP contribution is -1.83. The van der Waals surface area contributed by atoms with Gasteiger partial charge >= 0.3 is 0 Å². The summed E-state index contributed by atoms with van der Waals surface area (Å²) in [6, 6.07) is 5.92. The van der Waals surface area contributed by atoms with E-state index in [4.69, 9.17) is 4.42 Å². The summed E-state index contributed by atoms with van der Waals surface area (Å²) in [6.45, 7) is 4.18. The Hall–Kier alpha value is -0.800. The Labute approximate surface area is 97.0 Å². The predicted molar refractivity (Wildman–Crippen MR) is 63.9 cm³/mol. The summed E-state index contributed by atoms with van der Waals surface area (Å²) in [5, 5.41) is 10.3. The van der Waals surface area contributed by atoms with Gasteiger partial charge in [-0.1, -0.05) is 29.8 Å². The molecule has 0 amide bonds. The van der Waals surface area contributed by atoms with Gasteiger partial charge in [0.25, 0.3) is 0 Å². The minimum atomic E-state index is 0.000981. The second-order valence-electron chi connectivity index (χ2n) is 3.94. The molecule has 1 heterocycles. The Bertz CT molecular complexity index is 486. The Kier molecular flexibility index (Phi) is 2.85. The van der Waals surface area contributed by atoms with E-state index in [9.17, 15) is 5.11 Å². The molecule has 0 aliphatic carbocycles. The smallest absolute Gasteiger partial charge is 0.139 e. The quantitative estimate of drug-likeness (QED) is 0.899. The summed E-state index contributed by atoms with van der Waals surface area (Å²) in [6.07, 6.45) is 0. The third-order valence-corrected chi connectivity index (χ3v) is 2.87. The van der Waals surface area contributed by atoms with Crippen LogP contribution in [0.2, 0.25) is 0 Å². The van der Waals surface area contributed by atoms with E-state index in [1.54, 1.807) is 0 Å². The van der Waals surface area contributed by atoms with Gasteiger partial charge in [-0.25, -0.2) is 0 Å². The van der Waals surface area contributed by atoms with Crippen molar-refractivity contribution in [1.29, 1.82) is 0 Å². The molecule has 0 fully saturated rings. The number of benzene rings is 1. The van der Waals surface area contributed by atoms with Gasteiger partial charge in [0.05, 0.1) is 6.61 Å². The molecule has 0 saturated carbocycles. The van der Waals surface area contributed by atoms with E-state index in [0.29, 0.717) is 5.92 Å². The van der Waals surface area contributed by atoms with Crippen molar-refractivity contribution >= 4 is 26.9 Å². The van der Waals surface area contributed by atoms with Crippen LogP contribution in [0.1, 0.15) is 31.1 Å². The number of furan rings is 1. The first-order valence-corrected chi connectivity index (χ1v) is 5.74. The van der Waals surface area contributed by atoms with Crippen LogP contribution in [0.4, 0.5) is 0 Å². The number of rotatable bonds is 2. The fourth-order valence-corrected chi connectivity index (χ4v) is 2.13. The Balaban J connectivity index is 2.68. The lowest BCUT2D eigenvalue weighted by molar-refractivity contribution is 0.281. The zero-order valence-corrected chi connectivity index (χ0v) is 10.3. The number of hydrogen-bond donors (Lipinski definition) is 1. The maximum Gasteiger partial charge on any atom is 0.139 e. The van der Waals surface area contributed by atoms with Gasteiger partial charge in [0.2, 0.25) is 0 Å². The molecular formula is C12H13BrO2. The van der Waals surface area contributed by atoms with Crippen molar-refractivity contribution < 1.29 is 9.52 Å². The topological polar surface area (TPSA) is 33.4 Å². The van der Waals surface area contributed by atoms with Gasteiger partial charge in [0.1, 0.15) is 11.3 Å². The standard InChI is InChI=1S/C12H13BrO2/c1-7(2)11-5-8-3-10(13)4-9(6-14)12(8)15-11/h3-5,7,14H,6H2,1-2H3. The molecule has 1 aromatic heterocycles. The van der Waals surface area contributed by atoms with Gasteiger partial charge in [-0.3, -0.25) is 0 Å². The van der Waals surface area contributed by atoms with Gasteiger partial charge in [-0.05, 0) is 18.2 Å². The van der Waals surface area contributed by atoms with Crippen LogP contribution in [0.25, 0.3) is 11.0 Å². The van der Waals surface area contributed by atoms with Crippen LogP contribution < -0.4 is 0 Å². The Morgan fingerprint density at radius 1 is 1.33 bits per heavy atom. The molecule has 80 valence electrons. The van der Waals surface area contributed by atoms with Crippen LogP contribution in [0.5, 0.6) is 0 Å². The predicted octanol–water partition coefficient (Wildman–Crippen LogP) is 3.81. The summed E-state index contributed by atoms with van der Waals surface area (Å²) >= 11 is 3.42. The van der Waals surface area contributed by atoms with E-state index >= 15 is 0 Å². The average molecular weight is 269 g/mol. The van der Waals surface area contributed by atoms with E-state index in [0.717, 1.165) is 26.8 Å². The second-order valence-corrected chi connectivity index (χ2v) is 4.86. The van der Waals surface area contributed by atoms with Crippen molar-refractivity contribution in [3.8, 4) is 0 Å². The minimum Gasteiger partial charge on any atom is -0.460 e. The molecule has 0 aliphatic heterocycles. The van der Waals surface area contributed by atoms with Gasteiger partial charge < -0.3 is 9.52 Å². The fraction of sp³-hybridized carbons (Fsp3) is 0.333. The zero-order valence-electron chi connectivity index (χ0n) is 8.75. The molecule has 1 N–H and O–H groups in total. The average Bonchev–Trinajstić information content (AvgIpc) is 2.59. The number of fused-ring (bicyclic) bond motifs is 1. The highest BCUT2D eigenvalue weighted by molar-refractivity contribution is 9.10. The van der Waals surface area contributed by atoms with Crippen LogP contribution in [-0.2, 0) is 6.61 Å². The summed E-state index contributed by atoms with van der Waals surface area (Å²) in [5.74, 6) is 1.32. The van der Waals surface area contributed by atoms with Gasteiger partial charge in [-0.2, -0.15) is 0 Å². The molecule has 0 unspecified atom stereocenters. The highest BCUT2D eigenvalue weighted by Gasteiger charge is 2.11. The van der Waals surface area contributed by atoms with Gasteiger partial charge in [-0.15, -0.1) is 0 Å². The normalized spacial score (nSPS) is 11.5. The molecule has 0 aliphatic rings. The maximum absolute atomic E-state index is 9.23. The van der Waals surface area contributed by atoms with Crippen LogP contribution in [-0.4, -0.2) is 5.11 Å². The second kappa shape index (κ2) is 3.99. The van der Waals surface area contributed by atoms with Crippen LogP contribution in [0, 0.1) is 0 Å². The SMILES string of the molecule is CC(C)c1cc2cc(Br)cc(CO)c2o1. The molecule has 2 nitrogen and oxygen atoms in total. The molecule has 2 aromatic rings. The van der Waals surface area contributed by atoms with Crippen molar-refractivity contribution in [2.45, 2.75) is 26.4 Å². The molecule has 0 spiro atoms. The van der Waals surface area contributed by atoms with Gasteiger partial charge in [0, 0.05) is 21.3 Å². The third kappa shape index (κ3) is 1.94. The Morgan fingerprint density at radius 2 is 2.07 bits per heavy atom. The maximum atomic E-state index is 9.23. The van der Waals surface area contributed by atoms with E-state index in [1.165, 1.54) is 0 Å². The van der Waals surface area contributed by atoms with Crippen molar-refractivity contribution in [2.75, 3.05) is 0 Å². The number of hydrogen-bond acceptors (Lipinski definition) is 2. The summed E-state index contributed by atoms with van der Waals surface area (Å²) in [4.78, 5) is 0. The molecule has 0 saturated heterocycles. The molecule has 2 rings (SSSR count). The van der Waals surface area contributed by atoms with E-state index in [1.807, 2.05) is 18.2 Å². The van der Waals surface area contributed by atoms with Crippen molar-refractivity contribution in [3.63, 3.8) is 0 Å². The highest BCUT2D eigenvalue weighted by Crippen LogP contribution is 2.30. The number of aliphatic hydroxyl groups is 1. The van der Waals surface area contributed by atoms with E-state index in [2.05, 4.69) is 29.8 Å². The fourth-order valence-electron chi connectivity index (χ4n) is 1.61. The molecule has 0 radical (unpaired) electrons. The van der Waals surface area contributed by atoms with Crippen molar-refractivity contribution in [1.82, 2.24) is 0 Å². The number of halogens is 1. The summed E-state index contributed by atoms with van der Waals surface area (Å²) < 4.78 is 6.69. The summed E-state index contributed by atoms with van der Waals surface area (Å²) in [5.41, 5.74) is 1.62. The monoisotopic (exact) mass is 268 g/mol. The first kappa shape index (κ1) is 10.7. The van der Waals surface area contributed by atoms with Crippen LogP contribution in [0.15, 0.2) is 27.1 Å². The Morgan fingerprint density at radius 3 is 2.67 bits per heavy atom. The lowest BCUT2D eigenvalue weighted by Gasteiger charge is -1.99. The summed E-state index contributed by atoms with van der Waals surface area (Å²) in [7, 11) is 0. The first-order chi connectivity index (χ1) is 7.11. The molecule has 15 heavy (non-hydrogen) atoms. The van der Waals surface area contributed by atoms with Crippen molar-refractivity contribution in [3.05, 3.63) is 34.0 Å². The first-order valence-electron chi connectivity index (χ1n) is 4.94. The molecule has 0 atom stereocenters.